The predicted molar refractivity (Wildman–Crippen MR) is 113 cm³/mol. The van der Waals surface area contributed by atoms with E-state index in [1.807, 2.05) is 70.0 Å². The second-order valence-corrected chi connectivity index (χ2v) is 7.74. The third-order valence-electron chi connectivity index (χ3n) is 5.63. The van der Waals surface area contributed by atoms with Gasteiger partial charge in [0.2, 0.25) is 0 Å². The monoisotopic (exact) mass is 416 g/mol. The van der Waals surface area contributed by atoms with E-state index in [-0.39, 0.29) is 0 Å². The van der Waals surface area contributed by atoms with Crippen molar-refractivity contribution in [1.29, 1.82) is 0 Å². The predicted octanol–water partition coefficient (Wildman–Crippen LogP) is 1.34. The zero-order chi connectivity index (χ0) is 21.0. The molecule has 4 aromatic rings. The number of hydrogen-bond donors (Lipinski definition) is 0. The largest absolute Gasteiger partial charge is 0.293 e. The Bertz CT molecular complexity index is 1110. The first-order valence-corrected chi connectivity index (χ1v) is 10.4. The van der Waals surface area contributed by atoms with Gasteiger partial charge in [0.1, 0.15) is 0 Å². The van der Waals surface area contributed by atoms with E-state index in [0.29, 0.717) is 19.1 Å². The summed E-state index contributed by atoms with van der Waals surface area (Å²) < 4.78 is 3.62. The Balaban J connectivity index is 1.24. The second kappa shape index (κ2) is 8.70. The molecule has 31 heavy (non-hydrogen) atoms. The van der Waals surface area contributed by atoms with E-state index in [4.69, 9.17) is 0 Å². The highest BCUT2D eigenvalue weighted by Gasteiger charge is 2.26. The molecule has 0 saturated carbocycles. The number of rotatable bonds is 6. The SMILES string of the molecule is C[C@@H]1CN(Cc2nnnn2-c2ccccc2)CCN1Cc1nnnn1-c1ccccc1. The maximum absolute atomic E-state index is 4.26. The average molecular weight is 416 g/mol. The summed E-state index contributed by atoms with van der Waals surface area (Å²) in [5.41, 5.74) is 1.95. The molecule has 158 valence electrons. The first-order chi connectivity index (χ1) is 15.3. The van der Waals surface area contributed by atoms with Gasteiger partial charge in [-0.3, -0.25) is 9.80 Å². The summed E-state index contributed by atoms with van der Waals surface area (Å²) in [5.74, 6) is 1.69. The maximum atomic E-state index is 4.26. The van der Waals surface area contributed by atoms with Crippen LogP contribution in [0.15, 0.2) is 60.7 Å². The molecule has 5 rings (SSSR count). The molecule has 2 aromatic heterocycles. The molecule has 1 fully saturated rings. The van der Waals surface area contributed by atoms with Crippen LogP contribution >= 0.6 is 0 Å². The molecule has 0 unspecified atom stereocenters. The Morgan fingerprint density at radius 2 is 1.29 bits per heavy atom. The van der Waals surface area contributed by atoms with Crippen LogP contribution in [0.2, 0.25) is 0 Å². The minimum absolute atomic E-state index is 0.357. The van der Waals surface area contributed by atoms with Crippen molar-refractivity contribution in [3.63, 3.8) is 0 Å². The van der Waals surface area contributed by atoms with Gasteiger partial charge in [-0.25, -0.2) is 0 Å². The Kier molecular flexibility index (Phi) is 5.46. The molecule has 1 aliphatic rings. The second-order valence-electron chi connectivity index (χ2n) is 7.74. The van der Waals surface area contributed by atoms with Crippen LogP contribution in [0.4, 0.5) is 0 Å². The highest BCUT2D eigenvalue weighted by atomic mass is 15.6. The Morgan fingerprint density at radius 3 is 1.84 bits per heavy atom. The van der Waals surface area contributed by atoms with Gasteiger partial charge in [-0.1, -0.05) is 36.4 Å². The molecule has 10 nitrogen and oxygen atoms in total. The van der Waals surface area contributed by atoms with Crippen LogP contribution in [0.3, 0.4) is 0 Å². The van der Waals surface area contributed by atoms with Crippen molar-refractivity contribution < 1.29 is 0 Å². The van der Waals surface area contributed by atoms with Crippen LogP contribution < -0.4 is 0 Å². The molecule has 2 aromatic carbocycles. The van der Waals surface area contributed by atoms with Gasteiger partial charge in [-0.15, -0.1) is 10.2 Å². The summed E-state index contributed by atoms with van der Waals surface area (Å²) >= 11 is 0. The van der Waals surface area contributed by atoms with Gasteiger partial charge < -0.3 is 0 Å². The van der Waals surface area contributed by atoms with Gasteiger partial charge in [-0.05, 0) is 52.0 Å². The smallest absolute Gasteiger partial charge is 0.170 e. The van der Waals surface area contributed by atoms with E-state index in [0.717, 1.165) is 42.7 Å². The van der Waals surface area contributed by atoms with Crippen LogP contribution in [0, 0.1) is 0 Å². The number of hydrogen-bond acceptors (Lipinski definition) is 8. The Morgan fingerprint density at radius 1 is 0.742 bits per heavy atom. The number of tetrazole rings is 2. The molecule has 0 spiro atoms. The zero-order valence-corrected chi connectivity index (χ0v) is 17.4. The first-order valence-electron chi connectivity index (χ1n) is 10.4. The lowest BCUT2D eigenvalue weighted by Gasteiger charge is -2.39. The molecule has 0 amide bonds. The third kappa shape index (κ3) is 4.21. The summed E-state index contributed by atoms with van der Waals surface area (Å²) in [6.07, 6.45) is 0. The normalized spacial score (nSPS) is 17.8. The fourth-order valence-electron chi connectivity index (χ4n) is 3.98. The van der Waals surface area contributed by atoms with Gasteiger partial charge >= 0.3 is 0 Å². The molecular weight excluding hydrogens is 392 g/mol. The van der Waals surface area contributed by atoms with Crippen molar-refractivity contribution in [2.45, 2.75) is 26.1 Å². The van der Waals surface area contributed by atoms with Crippen LogP contribution in [-0.4, -0.2) is 75.9 Å². The first kappa shape index (κ1) is 19.5. The lowest BCUT2D eigenvalue weighted by atomic mass is 10.2. The summed E-state index contributed by atoms with van der Waals surface area (Å²) in [6.45, 7) is 6.44. The van der Waals surface area contributed by atoms with Gasteiger partial charge in [0.25, 0.3) is 0 Å². The van der Waals surface area contributed by atoms with Crippen molar-refractivity contribution in [3.05, 3.63) is 72.3 Å². The molecule has 1 atom stereocenters. The van der Waals surface area contributed by atoms with E-state index in [1.165, 1.54) is 0 Å². The molecule has 1 aliphatic heterocycles. The highest BCUT2D eigenvalue weighted by Crippen LogP contribution is 2.17. The fourth-order valence-corrected chi connectivity index (χ4v) is 3.98. The molecular formula is C21H24N10. The van der Waals surface area contributed by atoms with Crippen LogP contribution in [-0.2, 0) is 13.1 Å². The number of aromatic nitrogens is 8. The van der Waals surface area contributed by atoms with Crippen LogP contribution in [0.5, 0.6) is 0 Å². The minimum atomic E-state index is 0.357. The van der Waals surface area contributed by atoms with Gasteiger partial charge in [0.05, 0.1) is 24.5 Å². The molecule has 3 heterocycles. The molecule has 0 radical (unpaired) electrons. The zero-order valence-electron chi connectivity index (χ0n) is 17.4. The van der Waals surface area contributed by atoms with E-state index in [2.05, 4.69) is 47.8 Å². The fraction of sp³-hybridized carbons (Fsp3) is 0.333. The molecule has 10 heteroatoms. The Hall–Kier alpha value is -3.50. The molecule has 0 N–H and O–H groups in total. The lowest BCUT2D eigenvalue weighted by Crippen LogP contribution is -2.51. The third-order valence-corrected chi connectivity index (χ3v) is 5.63. The van der Waals surface area contributed by atoms with E-state index in [1.54, 1.807) is 0 Å². The van der Waals surface area contributed by atoms with Gasteiger partial charge in [0.15, 0.2) is 11.6 Å². The van der Waals surface area contributed by atoms with Gasteiger partial charge in [0, 0.05) is 25.7 Å². The minimum Gasteiger partial charge on any atom is -0.293 e. The van der Waals surface area contributed by atoms with E-state index >= 15 is 0 Å². The van der Waals surface area contributed by atoms with E-state index < -0.39 is 0 Å². The number of para-hydroxylation sites is 2. The highest BCUT2D eigenvalue weighted by molar-refractivity contribution is 5.31. The van der Waals surface area contributed by atoms with Crippen molar-refractivity contribution in [2.75, 3.05) is 19.6 Å². The van der Waals surface area contributed by atoms with Crippen molar-refractivity contribution >= 4 is 0 Å². The summed E-state index contributed by atoms with van der Waals surface area (Å²) in [7, 11) is 0. The summed E-state index contributed by atoms with van der Waals surface area (Å²) in [6, 6.07) is 20.3. The van der Waals surface area contributed by atoms with Crippen LogP contribution in [0.25, 0.3) is 11.4 Å². The standard InChI is InChI=1S/C21H24N10/c1-17-14-28(15-20-22-24-26-30(20)18-8-4-2-5-9-18)12-13-29(17)16-21-23-25-27-31(21)19-10-6-3-7-11-19/h2-11,17H,12-16H2,1H3/t17-/m1/s1. The van der Waals surface area contributed by atoms with Crippen LogP contribution in [0.1, 0.15) is 18.6 Å². The number of benzene rings is 2. The number of nitrogens with zero attached hydrogens (tertiary/aromatic N) is 10. The quantitative estimate of drug-likeness (QED) is 0.465. The summed E-state index contributed by atoms with van der Waals surface area (Å²) in [4.78, 5) is 4.81. The van der Waals surface area contributed by atoms with Crippen molar-refractivity contribution in [3.8, 4) is 11.4 Å². The van der Waals surface area contributed by atoms with Gasteiger partial charge in [-0.2, -0.15) is 9.36 Å². The summed E-state index contributed by atoms with van der Waals surface area (Å²) in [5, 5.41) is 24.6. The maximum Gasteiger partial charge on any atom is 0.170 e. The van der Waals surface area contributed by atoms with Crippen molar-refractivity contribution in [1.82, 2.24) is 50.2 Å². The molecule has 1 saturated heterocycles. The number of piperazine rings is 1. The lowest BCUT2D eigenvalue weighted by molar-refractivity contribution is 0.0689. The Labute approximate surface area is 180 Å². The topological polar surface area (TPSA) is 93.7 Å². The van der Waals surface area contributed by atoms with E-state index in [9.17, 15) is 0 Å². The molecule has 0 aliphatic carbocycles. The molecule has 0 bridgehead atoms. The van der Waals surface area contributed by atoms with Crippen molar-refractivity contribution in [2.24, 2.45) is 0 Å². The average Bonchev–Trinajstić information content (AvgIpc) is 3.46.